The number of thiophene rings is 1. The first-order valence-corrected chi connectivity index (χ1v) is 7.29. The van der Waals surface area contributed by atoms with E-state index in [1.54, 1.807) is 17.7 Å². The van der Waals surface area contributed by atoms with E-state index in [9.17, 15) is 0 Å². The molecule has 0 amide bonds. The third kappa shape index (κ3) is 1.62. The highest BCUT2D eigenvalue weighted by molar-refractivity contribution is 7.71. The molecule has 98 valence electrons. The Balaban J connectivity index is 2.04. The zero-order chi connectivity index (χ0) is 13.7. The van der Waals surface area contributed by atoms with Crippen LogP contribution in [0.1, 0.15) is 5.56 Å². The third-order valence-corrected chi connectivity index (χ3v) is 4.73. The van der Waals surface area contributed by atoms with Crippen molar-refractivity contribution >= 4 is 44.9 Å². The number of hydrogen-bond donors (Lipinski definition) is 1. The van der Waals surface area contributed by atoms with E-state index in [1.807, 2.05) is 31.2 Å². The van der Waals surface area contributed by atoms with Gasteiger partial charge in [-0.15, -0.1) is 11.3 Å². The Morgan fingerprint density at radius 3 is 2.95 bits per heavy atom. The van der Waals surface area contributed by atoms with Gasteiger partial charge >= 0.3 is 0 Å². The lowest BCUT2D eigenvalue weighted by atomic mass is 10.2. The van der Waals surface area contributed by atoms with Gasteiger partial charge in [-0.1, -0.05) is 24.4 Å². The normalized spacial score (nSPS) is 11.4. The third-order valence-electron chi connectivity index (χ3n) is 3.22. The first-order chi connectivity index (χ1) is 9.74. The SMILES string of the molecule is Cc1c(-c2nc3ccccc3o2)sc2nc[nH]c(=S)c12. The number of hydrogen-bond acceptors (Lipinski definition) is 5. The van der Waals surface area contributed by atoms with Gasteiger partial charge in [-0.3, -0.25) is 0 Å². The number of nitrogens with one attached hydrogen (secondary N) is 1. The van der Waals surface area contributed by atoms with Gasteiger partial charge in [0.25, 0.3) is 0 Å². The summed E-state index contributed by atoms with van der Waals surface area (Å²) in [6.45, 7) is 2.02. The molecule has 0 saturated carbocycles. The Bertz CT molecular complexity index is 963. The van der Waals surface area contributed by atoms with Gasteiger partial charge in [0.05, 0.1) is 11.2 Å². The average Bonchev–Trinajstić information content (AvgIpc) is 3.00. The van der Waals surface area contributed by atoms with Crippen LogP contribution in [0.25, 0.3) is 32.1 Å². The van der Waals surface area contributed by atoms with Gasteiger partial charge in [-0.05, 0) is 24.6 Å². The van der Waals surface area contributed by atoms with Crippen molar-refractivity contribution in [1.82, 2.24) is 15.0 Å². The molecule has 0 spiro atoms. The second kappa shape index (κ2) is 4.22. The van der Waals surface area contributed by atoms with E-state index in [4.69, 9.17) is 16.6 Å². The summed E-state index contributed by atoms with van der Waals surface area (Å²) < 4.78 is 6.53. The Morgan fingerprint density at radius 2 is 2.15 bits per heavy atom. The van der Waals surface area contributed by atoms with Crippen LogP contribution in [-0.4, -0.2) is 15.0 Å². The average molecular weight is 299 g/mol. The lowest BCUT2D eigenvalue weighted by Crippen LogP contribution is -1.80. The Hall–Kier alpha value is -2.05. The van der Waals surface area contributed by atoms with E-state index in [0.29, 0.717) is 10.5 Å². The summed E-state index contributed by atoms with van der Waals surface area (Å²) in [4.78, 5) is 13.7. The van der Waals surface area contributed by atoms with Crippen LogP contribution in [0.3, 0.4) is 0 Å². The molecule has 0 aliphatic heterocycles. The number of benzene rings is 1. The second-order valence-corrected chi connectivity index (χ2v) is 5.86. The molecule has 0 saturated heterocycles. The molecule has 0 aliphatic carbocycles. The van der Waals surface area contributed by atoms with Gasteiger partial charge in [-0.25, -0.2) is 9.97 Å². The Morgan fingerprint density at radius 1 is 1.30 bits per heavy atom. The fourth-order valence-electron chi connectivity index (χ4n) is 2.25. The minimum absolute atomic E-state index is 0.626. The van der Waals surface area contributed by atoms with Gasteiger partial charge in [-0.2, -0.15) is 0 Å². The lowest BCUT2D eigenvalue weighted by Gasteiger charge is -1.92. The highest BCUT2D eigenvalue weighted by Gasteiger charge is 2.17. The maximum Gasteiger partial charge on any atom is 0.237 e. The molecule has 4 aromatic rings. The number of para-hydroxylation sites is 2. The zero-order valence-corrected chi connectivity index (χ0v) is 12.1. The van der Waals surface area contributed by atoms with E-state index >= 15 is 0 Å². The predicted octanol–water partition coefficient (Wildman–Crippen LogP) is 4.47. The summed E-state index contributed by atoms with van der Waals surface area (Å²) in [6, 6.07) is 7.74. The minimum Gasteiger partial charge on any atom is -0.435 e. The quantitative estimate of drug-likeness (QED) is 0.527. The van der Waals surface area contributed by atoms with E-state index in [2.05, 4.69) is 15.0 Å². The zero-order valence-electron chi connectivity index (χ0n) is 10.5. The Labute approximate surface area is 123 Å². The van der Waals surface area contributed by atoms with Gasteiger partial charge in [0.2, 0.25) is 5.89 Å². The second-order valence-electron chi connectivity index (χ2n) is 4.45. The summed E-state index contributed by atoms with van der Waals surface area (Å²) in [5.41, 5.74) is 2.71. The molecule has 0 unspecified atom stereocenters. The van der Waals surface area contributed by atoms with Gasteiger partial charge in [0.1, 0.15) is 15.0 Å². The van der Waals surface area contributed by atoms with Crippen LogP contribution in [0.15, 0.2) is 35.0 Å². The van der Waals surface area contributed by atoms with Crippen molar-refractivity contribution in [3.8, 4) is 10.8 Å². The molecule has 20 heavy (non-hydrogen) atoms. The van der Waals surface area contributed by atoms with E-state index in [0.717, 1.165) is 31.8 Å². The largest absolute Gasteiger partial charge is 0.435 e. The summed E-state index contributed by atoms with van der Waals surface area (Å²) in [5.74, 6) is 0.626. The van der Waals surface area contributed by atoms with Crippen LogP contribution in [0.4, 0.5) is 0 Å². The van der Waals surface area contributed by atoms with Crippen LogP contribution in [0.5, 0.6) is 0 Å². The maximum absolute atomic E-state index is 5.83. The number of nitrogens with zero attached hydrogens (tertiary/aromatic N) is 2. The van der Waals surface area contributed by atoms with Crippen molar-refractivity contribution in [2.24, 2.45) is 0 Å². The van der Waals surface area contributed by atoms with Crippen LogP contribution in [0, 0.1) is 11.6 Å². The molecule has 0 bridgehead atoms. The summed E-state index contributed by atoms with van der Waals surface area (Å²) in [7, 11) is 0. The van der Waals surface area contributed by atoms with E-state index in [1.165, 1.54) is 0 Å². The molecule has 1 N–H and O–H groups in total. The molecular formula is C14H9N3OS2. The number of H-pyrrole nitrogens is 1. The highest BCUT2D eigenvalue weighted by Crippen LogP contribution is 2.37. The first kappa shape index (κ1) is 11.7. The first-order valence-electron chi connectivity index (χ1n) is 6.07. The monoisotopic (exact) mass is 299 g/mol. The van der Waals surface area contributed by atoms with Gasteiger partial charge in [0, 0.05) is 5.39 Å². The van der Waals surface area contributed by atoms with Crippen molar-refractivity contribution < 1.29 is 4.42 Å². The highest BCUT2D eigenvalue weighted by atomic mass is 32.1. The topological polar surface area (TPSA) is 54.7 Å². The molecule has 0 radical (unpaired) electrons. The standard InChI is InChI=1S/C14H9N3OS2/c1-7-10-13(19)15-6-16-14(10)20-11(7)12-17-8-4-2-3-5-9(8)18-12/h2-6H,1H3,(H,15,16,19). The van der Waals surface area contributed by atoms with Gasteiger partial charge < -0.3 is 9.40 Å². The Kier molecular flexibility index (Phi) is 2.48. The number of fused-ring (bicyclic) bond motifs is 2. The molecule has 0 atom stereocenters. The molecule has 6 heteroatoms. The van der Waals surface area contributed by atoms with Crippen molar-refractivity contribution in [3.63, 3.8) is 0 Å². The molecule has 1 aromatic carbocycles. The van der Waals surface area contributed by atoms with Crippen molar-refractivity contribution in [2.45, 2.75) is 6.92 Å². The van der Waals surface area contributed by atoms with Gasteiger partial charge in [0.15, 0.2) is 5.58 Å². The van der Waals surface area contributed by atoms with Crippen molar-refractivity contribution in [1.29, 1.82) is 0 Å². The fourth-order valence-corrected chi connectivity index (χ4v) is 3.70. The molecule has 0 fully saturated rings. The number of aromatic amines is 1. The summed E-state index contributed by atoms with van der Waals surface area (Å²) in [5, 5.41) is 0.977. The maximum atomic E-state index is 5.83. The van der Waals surface area contributed by atoms with E-state index < -0.39 is 0 Å². The number of aromatic nitrogens is 3. The number of rotatable bonds is 1. The minimum atomic E-state index is 0.626. The summed E-state index contributed by atoms with van der Waals surface area (Å²) >= 11 is 6.88. The molecule has 0 aliphatic rings. The smallest absolute Gasteiger partial charge is 0.237 e. The van der Waals surface area contributed by atoms with Crippen LogP contribution < -0.4 is 0 Å². The van der Waals surface area contributed by atoms with E-state index in [-0.39, 0.29) is 0 Å². The van der Waals surface area contributed by atoms with Crippen LogP contribution in [-0.2, 0) is 0 Å². The van der Waals surface area contributed by atoms with Crippen molar-refractivity contribution in [2.75, 3.05) is 0 Å². The predicted molar refractivity (Wildman–Crippen MR) is 82.5 cm³/mol. The lowest BCUT2D eigenvalue weighted by molar-refractivity contribution is 0.621. The number of aryl methyl sites for hydroxylation is 1. The van der Waals surface area contributed by atoms with Crippen molar-refractivity contribution in [3.05, 3.63) is 40.8 Å². The molecule has 3 aromatic heterocycles. The fraction of sp³-hybridized carbons (Fsp3) is 0.0714. The van der Waals surface area contributed by atoms with Crippen LogP contribution >= 0.6 is 23.6 Å². The molecule has 3 heterocycles. The molecule has 4 rings (SSSR count). The summed E-state index contributed by atoms with van der Waals surface area (Å²) in [6.07, 6.45) is 1.62. The number of oxazole rings is 1. The van der Waals surface area contributed by atoms with Crippen LogP contribution in [0.2, 0.25) is 0 Å². The molecular weight excluding hydrogens is 290 g/mol. The molecule has 4 nitrogen and oxygen atoms in total.